The molecule has 0 amide bonds. The standard InChI is InChI=1S/C21H24O3/c1-13-4-6-17(9-14(13)2)19-11-18(21(23)24-12-19)10-16-5-7-20(22)15(3)8-16/h4-9,18-19,22H,10-12H2,1-3H3/t18-,19?/m1/s1. The third-order valence-electron chi connectivity index (χ3n) is 5.07. The van der Waals surface area contributed by atoms with Crippen LogP contribution in [0.5, 0.6) is 5.75 Å². The Morgan fingerprint density at radius 2 is 1.83 bits per heavy atom. The van der Waals surface area contributed by atoms with E-state index in [1.165, 1.54) is 16.7 Å². The number of aromatic hydroxyl groups is 1. The van der Waals surface area contributed by atoms with Gasteiger partial charge in [0, 0.05) is 5.92 Å². The number of esters is 1. The van der Waals surface area contributed by atoms with E-state index in [0.29, 0.717) is 13.0 Å². The van der Waals surface area contributed by atoms with Gasteiger partial charge in [-0.2, -0.15) is 0 Å². The minimum atomic E-state index is -0.130. The molecule has 1 N–H and O–H groups in total. The van der Waals surface area contributed by atoms with Crippen LogP contribution in [0.15, 0.2) is 36.4 Å². The summed E-state index contributed by atoms with van der Waals surface area (Å²) in [6.07, 6.45) is 1.46. The molecule has 0 saturated carbocycles. The summed E-state index contributed by atoms with van der Waals surface area (Å²) in [6, 6.07) is 12.0. The first-order valence-corrected chi connectivity index (χ1v) is 8.46. The molecule has 1 aliphatic rings. The van der Waals surface area contributed by atoms with Crippen LogP contribution in [0.2, 0.25) is 0 Å². The molecule has 1 fully saturated rings. The van der Waals surface area contributed by atoms with Crippen molar-refractivity contribution in [2.24, 2.45) is 5.92 Å². The molecule has 1 heterocycles. The van der Waals surface area contributed by atoms with Crippen molar-refractivity contribution in [1.82, 2.24) is 0 Å². The lowest BCUT2D eigenvalue weighted by atomic mass is 9.83. The van der Waals surface area contributed by atoms with Crippen molar-refractivity contribution < 1.29 is 14.6 Å². The zero-order valence-corrected chi connectivity index (χ0v) is 14.5. The Labute approximate surface area is 143 Å². The van der Waals surface area contributed by atoms with Crippen molar-refractivity contribution in [3.63, 3.8) is 0 Å². The van der Waals surface area contributed by atoms with Gasteiger partial charge in [0.25, 0.3) is 0 Å². The lowest BCUT2D eigenvalue weighted by Gasteiger charge is -2.29. The second-order valence-corrected chi connectivity index (χ2v) is 6.93. The summed E-state index contributed by atoms with van der Waals surface area (Å²) in [6.45, 7) is 6.56. The van der Waals surface area contributed by atoms with Gasteiger partial charge in [0.2, 0.25) is 0 Å². The van der Waals surface area contributed by atoms with Gasteiger partial charge in [-0.1, -0.05) is 30.3 Å². The highest BCUT2D eigenvalue weighted by molar-refractivity contribution is 5.74. The van der Waals surface area contributed by atoms with E-state index in [-0.39, 0.29) is 23.6 Å². The van der Waals surface area contributed by atoms with Gasteiger partial charge in [-0.05, 0) is 67.5 Å². The van der Waals surface area contributed by atoms with Crippen LogP contribution in [0.1, 0.15) is 40.2 Å². The average Bonchev–Trinajstić information content (AvgIpc) is 2.56. The van der Waals surface area contributed by atoms with Crippen molar-refractivity contribution in [3.05, 3.63) is 64.2 Å². The molecular formula is C21H24O3. The van der Waals surface area contributed by atoms with Gasteiger partial charge in [0.1, 0.15) is 5.75 Å². The highest BCUT2D eigenvalue weighted by Crippen LogP contribution is 2.32. The Bertz CT molecular complexity index is 764. The molecule has 2 aromatic carbocycles. The van der Waals surface area contributed by atoms with Crippen LogP contribution >= 0.6 is 0 Å². The molecule has 0 radical (unpaired) electrons. The monoisotopic (exact) mass is 324 g/mol. The third kappa shape index (κ3) is 3.45. The van der Waals surface area contributed by atoms with Crippen LogP contribution in [-0.4, -0.2) is 17.7 Å². The Balaban J connectivity index is 1.76. The summed E-state index contributed by atoms with van der Waals surface area (Å²) in [4.78, 5) is 12.2. The molecule has 24 heavy (non-hydrogen) atoms. The largest absolute Gasteiger partial charge is 0.508 e. The van der Waals surface area contributed by atoms with E-state index in [0.717, 1.165) is 17.5 Å². The number of ether oxygens (including phenoxy) is 1. The Kier molecular flexibility index (Phi) is 4.61. The molecule has 0 bridgehead atoms. The van der Waals surface area contributed by atoms with Gasteiger partial charge in [-0.25, -0.2) is 0 Å². The number of aryl methyl sites for hydroxylation is 3. The molecule has 3 nitrogen and oxygen atoms in total. The smallest absolute Gasteiger partial charge is 0.309 e. The van der Waals surface area contributed by atoms with E-state index in [2.05, 4.69) is 32.0 Å². The third-order valence-corrected chi connectivity index (χ3v) is 5.07. The molecule has 1 unspecified atom stereocenters. The minimum Gasteiger partial charge on any atom is -0.508 e. The predicted molar refractivity (Wildman–Crippen MR) is 94.3 cm³/mol. The quantitative estimate of drug-likeness (QED) is 0.861. The van der Waals surface area contributed by atoms with Gasteiger partial charge < -0.3 is 9.84 Å². The SMILES string of the molecule is Cc1ccc(C2COC(=O)[C@H](Cc3ccc(O)c(C)c3)C2)cc1C. The van der Waals surface area contributed by atoms with Crippen molar-refractivity contribution in [2.75, 3.05) is 6.61 Å². The van der Waals surface area contributed by atoms with Gasteiger partial charge in [0.05, 0.1) is 12.5 Å². The maximum Gasteiger partial charge on any atom is 0.309 e. The van der Waals surface area contributed by atoms with Crippen molar-refractivity contribution >= 4 is 5.97 Å². The van der Waals surface area contributed by atoms with Crippen LogP contribution in [0.4, 0.5) is 0 Å². The number of phenolic OH excluding ortho intramolecular Hbond substituents is 1. The summed E-state index contributed by atoms with van der Waals surface area (Å²) in [7, 11) is 0. The van der Waals surface area contributed by atoms with E-state index >= 15 is 0 Å². The number of hydrogen-bond acceptors (Lipinski definition) is 3. The van der Waals surface area contributed by atoms with Gasteiger partial charge in [-0.3, -0.25) is 4.79 Å². The number of carbonyl (C=O) groups excluding carboxylic acids is 1. The first kappa shape index (κ1) is 16.6. The van der Waals surface area contributed by atoms with Crippen LogP contribution in [0, 0.1) is 26.7 Å². The van der Waals surface area contributed by atoms with Crippen LogP contribution < -0.4 is 0 Å². The minimum absolute atomic E-state index is 0.110. The molecular weight excluding hydrogens is 300 g/mol. The molecule has 126 valence electrons. The summed E-state index contributed by atoms with van der Waals surface area (Å²) in [5.74, 6) is 0.304. The number of hydrogen-bond donors (Lipinski definition) is 1. The second kappa shape index (κ2) is 6.68. The van der Waals surface area contributed by atoms with E-state index < -0.39 is 0 Å². The van der Waals surface area contributed by atoms with E-state index in [1.54, 1.807) is 6.07 Å². The van der Waals surface area contributed by atoms with Gasteiger partial charge in [-0.15, -0.1) is 0 Å². The number of rotatable bonds is 3. The maximum absolute atomic E-state index is 12.2. The average molecular weight is 324 g/mol. The molecule has 0 aromatic heterocycles. The fraction of sp³-hybridized carbons (Fsp3) is 0.381. The van der Waals surface area contributed by atoms with Crippen molar-refractivity contribution in [3.8, 4) is 5.75 Å². The summed E-state index contributed by atoms with van der Waals surface area (Å²) >= 11 is 0. The van der Waals surface area contributed by atoms with Gasteiger partial charge >= 0.3 is 5.97 Å². The summed E-state index contributed by atoms with van der Waals surface area (Å²) in [5, 5.41) is 9.65. The number of carbonyl (C=O) groups is 1. The zero-order chi connectivity index (χ0) is 17.3. The van der Waals surface area contributed by atoms with Crippen molar-refractivity contribution in [2.45, 2.75) is 39.5 Å². The summed E-state index contributed by atoms with van der Waals surface area (Å²) in [5.41, 5.74) is 5.70. The molecule has 3 heteroatoms. The highest BCUT2D eigenvalue weighted by atomic mass is 16.5. The Hall–Kier alpha value is -2.29. The number of cyclic esters (lactones) is 1. The molecule has 3 rings (SSSR count). The zero-order valence-electron chi connectivity index (χ0n) is 14.5. The predicted octanol–water partition coefficient (Wildman–Crippen LogP) is 4.21. The lowest BCUT2D eigenvalue weighted by Crippen LogP contribution is -2.31. The molecule has 1 saturated heterocycles. The van der Waals surface area contributed by atoms with Gasteiger partial charge in [0.15, 0.2) is 0 Å². The van der Waals surface area contributed by atoms with E-state index in [1.807, 2.05) is 19.1 Å². The molecule has 2 atom stereocenters. The highest BCUT2D eigenvalue weighted by Gasteiger charge is 2.31. The molecule has 1 aliphatic heterocycles. The second-order valence-electron chi connectivity index (χ2n) is 6.93. The maximum atomic E-state index is 12.2. The normalized spacial score (nSPS) is 20.7. The molecule has 0 aliphatic carbocycles. The fourth-order valence-corrected chi connectivity index (χ4v) is 3.35. The Morgan fingerprint density at radius 3 is 2.54 bits per heavy atom. The lowest BCUT2D eigenvalue weighted by molar-refractivity contribution is -0.154. The topological polar surface area (TPSA) is 46.5 Å². The summed E-state index contributed by atoms with van der Waals surface area (Å²) < 4.78 is 5.47. The van der Waals surface area contributed by atoms with E-state index in [4.69, 9.17) is 4.74 Å². The first-order chi connectivity index (χ1) is 11.4. The Morgan fingerprint density at radius 1 is 1.04 bits per heavy atom. The van der Waals surface area contributed by atoms with E-state index in [9.17, 15) is 9.90 Å². The number of phenols is 1. The molecule has 0 spiro atoms. The van der Waals surface area contributed by atoms with Crippen molar-refractivity contribution in [1.29, 1.82) is 0 Å². The fourth-order valence-electron chi connectivity index (χ4n) is 3.35. The number of benzene rings is 2. The molecule has 2 aromatic rings. The first-order valence-electron chi connectivity index (χ1n) is 8.46. The van der Waals surface area contributed by atoms with Crippen LogP contribution in [-0.2, 0) is 16.0 Å². The van der Waals surface area contributed by atoms with Crippen LogP contribution in [0.3, 0.4) is 0 Å². The van der Waals surface area contributed by atoms with Crippen LogP contribution in [0.25, 0.3) is 0 Å².